The summed E-state index contributed by atoms with van der Waals surface area (Å²) in [7, 11) is 0. The van der Waals surface area contributed by atoms with E-state index >= 15 is 0 Å². The van der Waals surface area contributed by atoms with Gasteiger partial charge in [-0.15, -0.1) is 0 Å². The highest BCUT2D eigenvalue weighted by Crippen LogP contribution is 2.30. The van der Waals surface area contributed by atoms with Gasteiger partial charge < -0.3 is 20.5 Å². The molecule has 0 bridgehead atoms. The molecule has 0 aromatic heterocycles. The van der Waals surface area contributed by atoms with E-state index in [0.29, 0.717) is 43.7 Å². The molecule has 1 saturated carbocycles. The number of likely N-dealkylation sites (N-methyl/N-ethyl adjacent to an activating group) is 1. The van der Waals surface area contributed by atoms with E-state index in [0.717, 1.165) is 0 Å². The lowest BCUT2D eigenvalue weighted by Gasteiger charge is -2.25. The largest absolute Gasteiger partial charge is 0.484 e. The van der Waals surface area contributed by atoms with Gasteiger partial charge in [-0.1, -0.05) is 0 Å². The molecule has 1 fully saturated rings. The Balaban J connectivity index is 1.79. The van der Waals surface area contributed by atoms with Gasteiger partial charge in [0.05, 0.1) is 5.92 Å². The minimum absolute atomic E-state index is 0.0492. The average molecular weight is 348 g/mol. The first-order chi connectivity index (χ1) is 12.0. The lowest BCUT2D eigenvalue weighted by Crippen LogP contribution is -2.29. The molecule has 7 heteroatoms. The number of aliphatic carboxylic acids is 1. The van der Waals surface area contributed by atoms with Crippen LogP contribution in [0.25, 0.3) is 0 Å². The number of carbonyl (C=O) groups excluding carboxylic acids is 2. The number of carboxylic acid groups (broad SMARTS) is 1. The van der Waals surface area contributed by atoms with Crippen molar-refractivity contribution < 1.29 is 24.2 Å². The smallest absolute Gasteiger partial charge is 0.306 e. The van der Waals surface area contributed by atoms with Crippen LogP contribution in [0.1, 0.15) is 32.6 Å². The quantitative estimate of drug-likeness (QED) is 0.699. The van der Waals surface area contributed by atoms with Gasteiger partial charge in [-0.25, -0.2) is 0 Å². The van der Waals surface area contributed by atoms with Gasteiger partial charge in [0.25, 0.3) is 5.91 Å². The van der Waals surface area contributed by atoms with Crippen molar-refractivity contribution in [3.8, 4) is 5.75 Å². The minimum Gasteiger partial charge on any atom is -0.484 e. The van der Waals surface area contributed by atoms with E-state index in [-0.39, 0.29) is 30.3 Å². The zero-order valence-electron chi connectivity index (χ0n) is 14.3. The highest BCUT2D eigenvalue weighted by atomic mass is 16.5. The highest BCUT2D eigenvalue weighted by molar-refractivity contribution is 5.92. The number of ether oxygens (including phenoxy) is 1. The molecule has 2 rings (SSSR count). The Morgan fingerprint density at radius 1 is 1.08 bits per heavy atom. The number of anilines is 1. The summed E-state index contributed by atoms with van der Waals surface area (Å²) in [6, 6.07) is 6.81. The molecule has 0 aliphatic heterocycles. The van der Waals surface area contributed by atoms with Crippen molar-refractivity contribution in [2.75, 3.05) is 18.5 Å². The molecule has 0 unspecified atom stereocenters. The van der Waals surface area contributed by atoms with E-state index < -0.39 is 5.97 Å². The molecule has 0 spiro atoms. The molecular weight excluding hydrogens is 324 g/mol. The summed E-state index contributed by atoms with van der Waals surface area (Å²) in [5, 5.41) is 14.5. The fourth-order valence-corrected chi connectivity index (χ4v) is 2.88. The Morgan fingerprint density at radius 2 is 1.68 bits per heavy atom. The third kappa shape index (κ3) is 5.77. The first-order valence-electron chi connectivity index (χ1n) is 8.52. The van der Waals surface area contributed by atoms with Crippen LogP contribution in [0.3, 0.4) is 0 Å². The molecule has 0 heterocycles. The number of carboxylic acids is 1. The second-order valence-corrected chi connectivity index (χ2v) is 6.14. The maximum absolute atomic E-state index is 12.3. The number of amides is 2. The van der Waals surface area contributed by atoms with E-state index in [1.807, 2.05) is 6.92 Å². The second kappa shape index (κ2) is 9.05. The molecule has 1 aliphatic rings. The van der Waals surface area contributed by atoms with Gasteiger partial charge >= 0.3 is 5.97 Å². The van der Waals surface area contributed by atoms with Crippen molar-refractivity contribution >= 4 is 23.5 Å². The van der Waals surface area contributed by atoms with Gasteiger partial charge in [-0.05, 0) is 56.9 Å². The number of rotatable bonds is 7. The second-order valence-electron chi connectivity index (χ2n) is 6.14. The normalized spacial score (nSPS) is 19.7. The standard InChI is InChI=1S/C18H24N2O5/c1-2-19-16(21)11-25-15-9-7-14(8-10-15)20-17(22)12-3-5-13(6-4-12)18(23)24/h7-10,12-13H,2-6,11H2,1H3,(H,19,21)(H,20,22)(H,23,24). The lowest BCUT2D eigenvalue weighted by atomic mass is 9.81. The van der Waals surface area contributed by atoms with Crippen molar-refractivity contribution in [2.45, 2.75) is 32.6 Å². The number of hydrogen-bond donors (Lipinski definition) is 3. The Morgan fingerprint density at radius 3 is 2.24 bits per heavy atom. The first-order valence-corrected chi connectivity index (χ1v) is 8.52. The number of nitrogens with one attached hydrogen (secondary N) is 2. The summed E-state index contributed by atoms with van der Waals surface area (Å²) in [4.78, 5) is 34.6. The van der Waals surface area contributed by atoms with Crippen molar-refractivity contribution in [3.63, 3.8) is 0 Å². The van der Waals surface area contributed by atoms with Gasteiger partial charge in [0.15, 0.2) is 6.61 Å². The fraction of sp³-hybridized carbons (Fsp3) is 0.500. The van der Waals surface area contributed by atoms with E-state index in [9.17, 15) is 14.4 Å². The zero-order chi connectivity index (χ0) is 18.2. The van der Waals surface area contributed by atoms with E-state index in [4.69, 9.17) is 9.84 Å². The molecule has 1 aromatic carbocycles. The molecular formula is C18H24N2O5. The van der Waals surface area contributed by atoms with Crippen LogP contribution < -0.4 is 15.4 Å². The fourth-order valence-electron chi connectivity index (χ4n) is 2.88. The SMILES string of the molecule is CCNC(=O)COc1ccc(NC(=O)C2CCC(C(=O)O)CC2)cc1. The molecule has 3 N–H and O–H groups in total. The van der Waals surface area contributed by atoms with Crippen LogP contribution in [0, 0.1) is 11.8 Å². The van der Waals surface area contributed by atoms with Crippen molar-refractivity contribution in [2.24, 2.45) is 11.8 Å². The minimum atomic E-state index is -0.776. The number of hydrogen-bond acceptors (Lipinski definition) is 4. The lowest BCUT2D eigenvalue weighted by molar-refractivity contribution is -0.143. The number of carbonyl (C=O) groups is 3. The Bertz CT molecular complexity index is 606. The van der Waals surface area contributed by atoms with Crippen LogP contribution in [0.5, 0.6) is 5.75 Å². The summed E-state index contributed by atoms with van der Waals surface area (Å²) < 4.78 is 5.35. The molecule has 0 saturated heterocycles. The summed E-state index contributed by atoms with van der Waals surface area (Å²) in [6.07, 6.45) is 2.27. The molecule has 1 aromatic rings. The Kier molecular flexibility index (Phi) is 6.80. The van der Waals surface area contributed by atoms with E-state index in [2.05, 4.69) is 10.6 Å². The number of benzene rings is 1. The maximum Gasteiger partial charge on any atom is 0.306 e. The summed E-state index contributed by atoms with van der Waals surface area (Å²) >= 11 is 0. The van der Waals surface area contributed by atoms with Gasteiger partial charge in [-0.2, -0.15) is 0 Å². The molecule has 0 atom stereocenters. The molecule has 25 heavy (non-hydrogen) atoms. The van der Waals surface area contributed by atoms with Crippen molar-refractivity contribution in [3.05, 3.63) is 24.3 Å². The predicted molar refractivity (Wildman–Crippen MR) is 92.3 cm³/mol. The highest BCUT2D eigenvalue weighted by Gasteiger charge is 2.29. The third-order valence-corrected chi connectivity index (χ3v) is 4.31. The zero-order valence-corrected chi connectivity index (χ0v) is 14.3. The van der Waals surface area contributed by atoms with Crippen LogP contribution in [0.15, 0.2) is 24.3 Å². The maximum atomic E-state index is 12.3. The summed E-state index contributed by atoms with van der Waals surface area (Å²) in [5.41, 5.74) is 0.649. The van der Waals surface area contributed by atoms with Crippen molar-refractivity contribution in [1.82, 2.24) is 5.32 Å². The monoisotopic (exact) mass is 348 g/mol. The summed E-state index contributed by atoms with van der Waals surface area (Å²) in [5.74, 6) is -0.973. The van der Waals surface area contributed by atoms with Gasteiger partial charge in [-0.3, -0.25) is 14.4 Å². The molecule has 1 aliphatic carbocycles. The molecule has 136 valence electrons. The molecule has 7 nitrogen and oxygen atoms in total. The predicted octanol–water partition coefficient (Wildman–Crippen LogP) is 2.03. The Labute approximate surface area is 146 Å². The van der Waals surface area contributed by atoms with Gasteiger partial charge in [0.1, 0.15) is 5.75 Å². The van der Waals surface area contributed by atoms with Crippen LogP contribution in [-0.2, 0) is 14.4 Å². The van der Waals surface area contributed by atoms with Gasteiger partial charge in [0, 0.05) is 18.2 Å². The molecule has 2 amide bonds. The summed E-state index contributed by atoms with van der Waals surface area (Å²) in [6.45, 7) is 2.34. The molecule has 0 radical (unpaired) electrons. The van der Waals surface area contributed by atoms with E-state index in [1.165, 1.54) is 0 Å². The Hall–Kier alpha value is -2.57. The van der Waals surface area contributed by atoms with Crippen LogP contribution in [0.4, 0.5) is 5.69 Å². The average Bonchev–Trinajstić information content (AvgIpc) is 2.61. The van der Waals surface area contributed by atoms with Crippen molar-refractivity contribution in [1.29, 1.82) is 0 Å². The topological polar surface area (TPSA) is 105 Å². The van der Waals surface area contributed by atoms with Gasteiger partial charge in [0.2, 0.25) is 5.91 Å². The van der Waals surface area contributed by atoms with Crippen LogP contribution in [0.2, 0.25) is 0 Å². The first kappa shape index (κ1) is 18.8. The third-order valence-electron chi connectivity index (χ3n) is 4.31. The van der Waals surface area contributed by atoms with Crippen LogP contribution >= 0.6 is 0 Å². The van der Waals surface area contributed by atoms with E-state index in [1.54, 1.807) is 24.3 Å². The van der Waals surface area contributed by atoms with Crippen LogP contribution in [-0.4, -0.2) is 36.0 Å².